The van der Waals surface area contributed by atoms with E-state index in [1.165, 1.54) is 5.56 Å². The summed E-state index contributed by atoms with van der Waals surface area (Å²) >= 11 is 0. The summed E-state index contributed by atoms with van der Waals surface area (Å²) in [6.07, 6.45) is 6.42. The molecule has 1 aliphatic carbocycles. The molecule has 3 nitrogen and oxygen atoms in total. The van der Waals surface area contributed by atoms with Crippen LogP contribution in [0.2, 0.25) is 19.6 Å². The minimum absolute atomic E-state index is 0.000718. The zero-order chi connectivity index (χ0) is 18.5. The van der Waals surface area contributed by atoms with Crippen LogP contribution >= 0.6 is 0 Å². The van der Waals surface area contributed by atoms with Crippen LogP contribution in [0.15, 0.2) is 42.1 Å². The molecule has 0 aromatic heterocycles. The van der Waals surface area contributed by atoms with Crippen molar-refractivity contribution in [1.29, 1.82) is 0 Å². The van der Waals surface area contributed by atoms with Crippen molar-refractivity contribution in [3.05, 3.63) is 47.7 Å². The average molecular weight is 370 g/mol. The Kier molecular flexibility index (Phi) is 4.39. The Hall–Kier alpha value is -1.39. The van der Waals surface area contributed by atoms with E-state index in [0.29, 0.717) is 11.8 Å². The van der Waals surface area contributed by atoms with E-state index in [-0.39, 0.29) is 23.8 Å². The molecule has 0 unspecified atom stereocenters. The van der Waals surface area contributed by atoms with E-state index in [1.807, 2.05) is 6.07 Å². The summed E-state index contributed by atoms with van der Waals surface area (Å²) in [7, 11) is -1.22. The third-order valence-corrected chi connectivity index (χ3v) is 7.63. The SMILES string of the molecule is C[C@H]1[C@@H](c2ccccc2)O[C@]23CCC[C@H]2[C@H](C/C=C\[Si](C)(C)C)C(=O)N13. The molecule has 0 radical (unpaired) electrons. The van der Waals surface area contributed by atoms with Crippen LogP contribution < -0.4 is 0 Å². The molecule has 1 aromatic rings. The maximum absolute atomic E-state index is 13.4. The van der Waals surface area contributed by atoms with Gasteiger partial charge >= 0.3 is 0 Å². The lowest BCUT2D eigenvalue weighted by Gasteiger charge is -2.31. The number of ether oxygens (including phenoxy) is 1. The molecule has 2 heterocycles. The van der Waals surface area contributed by atoms with Gasteiger partial charge in [-0.2, -0.15) is 0 Å². The van der Waals surface area contributed by atoms with E-state index in [9.17, 15) is 4.79 Å². The highest BCUT2D eigenvalue weighted by atomic mass is 28.3. The quantitative estimate of drug-likeness (QED) is 0.705. The summed E-state index contributed by atoms with van der Waals surface area (Å²) in [5.74, 6) is 0.766. The number of hydrogen-bond acceptors (Lipinski definition) is 2. The molecule has 1 saturated carbocycles. The van der Waals surface area contributed by atoms with Crippen molar-refractivity contribution in [2.75, 3.05) is 0 Å². The maximum atomic E-state index is 13.4. The van der Waals surface area contributed by atoms with Crippen molar-refractivity contribution in [2.24, 2.45) is 11.8 Å². The average Bonchev–Trinajstić information content (AvgIpc) is 3.18. The van der Waals surface area contributed by atoms with Gasteiger partial charge in [0.05, 0.1) is 14.1 Å². The predicted octanol–water partition coefficient (Wildman–Crippen LogP) is 4.92. The van der Waals surface area contributed by atoms with Crippen LogP contribution in [0.4, 0.5) is 0 Å². The first-order chi connectivity index (χ1) is 12.3. The lowest BCUT2D eigenvalue weighted by Crippen LogP contribution is -2.45. The molecule has 1 amide bonds. The molecule has 3 aliphatic rings. The minimum atomic E-state index is -1.22. The number of carbonyl (C=O) groups excluding carboxylic acids is 1. The van der Waals surface area contributed by atoms with Crippen molar-refractivity contribution in [3.8, 4) is 0 Å². The smallest absolute Gasteiger partial charge is 0.229 e. The topological polar surface area (TPSA) is 29.5 Å². The zero-order valence-corrected chi connectivity index (χ0v) is 17.4. The molecule has 1 aromatic carbocycles. The zero-order valence-electron chi connectivity index (χ0n) is 16.4. The van der Waals surface area contributed by atoms with E-state index < -0.39 is 8.07 Å². The normalized spacial score (nSPS) is 36.8. The number of hydrogen-bond donors (Lipinski definition) is 0. The molecule has 3 fully saturated rings. The van der Waals surface area contributed by atoms with Crippen LogP contribution in [0, 0.1) is 11.8 Å². The molecule has 0 bridgehead atoms. The van der Waals surface area contributed by atoms with Gasteiger partial charge in [0.2, 0.25) is 5.91 Å². The highest BCUT2D eigenvalue weighted by Gasteiger charge is 2.67. The number of allylic oxidation sites excluding steroid dienone is 1. The molecule has 0 N–H and O–H groups in total. The maximum Gasteiger partial charge on any atom is 0.229 e. The van der Waals surface area contributed by atoms with Gasteiger partial charge in [0.15, 0.2) is 0 Å². The van der Waals surface area contributed by atoms with Crippen LogP contribution in [-0.2, 0) is 9.53 Å². The third-order valence-electron chi connectivity index (χ3n) is 6.39. The Morgan fingerprint density at radius 3 is 2.69 bits per heavy atom. The van der Waals surface area contributed by atoms with Gasteiger partial charge in [-0.3, -0.25) is 4.79 Å². The third kappa shape index (κ3) is 2.78. The molecule has 2 saturated heterocycles. The van der Waals surface area contributed by atoms with Crippen molar-refractivity contribution < 1.29 is 9.53 Å². The highest BCUT2D eigenvalue weighted by molar-refractivity contribution is 6.80. The highest BCUT2D eigenvalue weighted by Crippen LogP contribution is 2.59. The first kappa shape index (κ1) is 18.0. The Bertz CT molecular complexity index is 711. The van der Waals surface area contributed by atoms with Crippen LogP contribution in [0.3, 0.4) is 0 Å². The summed E-state index contributed by atoms with van der Waals surface area (Å²) in [4.78, 5) is 15.5. The summed E-state index contributed by atoms with van der Waals surface area (Å²) in [5, 5.41) is 0. The first-order valence-electron chi connectivity index (χ1n) is 10.1. The van der Waals surface area contributed by atoms with Crippen molar-refractivity contribution in [3.63, 3.8) is 0 Å². The molecular formula is C22H31NO2Si. The molecule has 140 valence electrons. The lowest BCUT2D eigenvalue weighted by molar-refractivity contribution is -0.141. The summed E-state index contributed by atoms with van der Waals surface area (Å²) in [5.41, 5.74) is 3.22. The predicted molar refractivity (Wildman–Crippen MR) is 107 cm³/mol. The number of benzene rings is 1. The van der Waals surface area contributed by atoms with E-state index in [0.717, 1.165) is 25.7 Å². The van der Waals surface area contributed by atoms with Crippen LogP contribution in [0.5, 0.6) is 0 Å². The molecule has 4 heteroatoms. The van der Waals surface area contributed by atoms with E-state index in [2.05, 4.69) is 67.5 Å². The summed E-state index contributed by atoms with van der Waals surface area (Å²) < 4.78 is 6.73. The van der Waals surface area contributed by atoms with E-state index in [4.69, 9.17) is 4.74 Å². The summed E-state index contributed by atoms with van der Waals surface area (Å²) in [6.45, 7) is 9.18. The van der Waals surface area contributed by atoms with Gasteiger partial charge in [0.1, 0.15) is 11.8 Å². The first-order valence-corrected chi connectivity index (χ1v) is 13.6. The molecular weight excluding hydrogens is 338 g/mol. The van der Waals surface area contributed by atoms with Crippen LogP contribution in [0.1, 0.15) is 44.3 Å². The molecule has 26 heavy (non-hydrogen) atoms. The fourth-order valence-electron chi connectivity index (χ4n) is 5.36. The van der Waals surface area contributed by atoms with E-state index >= 15 is 0 Å². The second kappa shape index (κ2) is 6.34. The van der Waals surface area contributed by atoms with Gasteiger partial charge in [0, 0.05) is 11.8 Å². The number of nitrogens with zero attached hydrogens (tertiary/aromatic N) is 1. The van der Waals surface area contributed by atoms with Gasteiger partial charge in [-0.25, -0.2) is 0 Å². The number of amides is 1. The van der Waals surface area contributed by atoms with Gasteiger partial charge < -0.3 is 9.64 Å². The van der Waals surface area contributed by atoms with Crippen molar-refractivity contribution in [1.82, 2.24) is 4.90 Å². The lowest BCUT2D eigenvalue weighted by atomic mass is 9.87. The fourth-order valence-corrected chi connectivity index (χ4v) is 6.21. The minimum Gasteiger partial charge on any atom is -0.345 e. The number of rotatable bonds is 4. The largest absolute Gasteiger partial charge is 0.345 e. The molecule has 5 atom stereocenters. The second-order valence-corrected chi connectivity index (χ2v) is 14.4. The van der Waals surface area contributed by atoms with Gasteiger partial charge in [-0.15, -0.1) is 0 Å². The Morgan fingerprint density at radius 1 is 1.27 bits per heavy atom. The van der Waals surface area contributed by atoms with Crippen molar-refractivity contribution >= 4 is 14.0 Å². The van der Waals surface area contributed by atoms with Gasteiger partial charge in [-0.05, 0) is 38.2 Å². The summed E-state index contributed by atoms with van der Waals surface area (Å²) in [6, 6.07) is 10.5. The second-order valence-electron chi connectivity index (χ2n) is 9.35. The fraction of sp³-hybridized carbons (Fsp3) is 0.591. The van der Waals surface area contributed by atoms with Crippen molar-refractivity contribution in [2.45, 2.75) is 70.1 Å². The molecule has 2 aliphatic heterocycles. The standard InChI is InChI=1S/C22H31NO2Si/c1-16-20(17-10-6-5-7-11-17)25-22-14-8-13-19(22)18(21(24)23(16)22)12-9-15-26(2,3)4/h5-7,9-11,15-16,18-20H,8,12-14H2,1-4H3/b15-9-/t16-,18-,19-,20-,22+/m0/s1. The Morgan fingerprint density at radius 2 is 2.00 bits per heavy atom. The van der Waals surface area contributed by atoms with Crippen LogP contribution in [-0.4, -0.2) is 30.6 Å². The van der Waals surface area contributed by atoms with E-state index in [1.54, 1.807) is 0 Å². The van der Waals surface area contributed by atoms with Crippen LogP contribution in [0.25, 0.3) is 0 Å². The van der Waals surface area contributed by atoms with Gasteiger partial charge in [0.25, 0.3) is 0 Å². The Labute approximate surface area is 158 Å². The number of carbonyl (C=O) groups is 1. The molecule has 1 spiro atoms. The van der Waals surface area contributed by atoms with Gasteiger partial charge in [-0.1, -0.05) is 61.7 Å². The Balaban J connectivity index is 1.60. The monoisotopic (exact) mass is 369 g/mol. The molecule has 4 rings (SSSR count).